The Hall–Kier alpha value is -3.20. The van der Waals surface area contributed by atoms with E-state index in [4.69, 9.17) is 9.47 Å². The van der Waals surface area contributed by atoms with Gasteiger partial charge >= 0.3 is 6.09 Å². The molecule has 3 amide bonds. The third kappa shape index (κ3) is 7.22. The monoisotopic (exact) mass is 541 g/mol. The second kappa shape index (κ2) is 12.6. The summed E-state index contributed by atoms with van der Waals surface area (Å²) in [7, 11) is 1.58. The van der Waals surface area contributed by atoms with Gasteiger partial charge in [0.25, 0.3) is 5.91 Å². The number of carbonyl (C=O) groups excluding carboxylic acids is 3. The number of nitrogens with one attached hydrogen (secondary N) is 2. The zero-order valence-corrected chi connectivity index (χ0v) is 23.9. The molecule has 2 unspecified atom stereocenters. The van der Waals surface area contributed by atoms with Crippen LogP contribution in [0.25, 0.3) is 0 Å². The van der Waals surface area contributed by atoms with Crippen molar-refractivity contribution in [2.75, 3.05) is 18.2 Å². The van der Waals surface area contributed by atoms with E-state index in [9.17, 15) is 14.4 Å². The van der Waals surface area contributed by atoms with Gasteiger partial charge in [-0.25, -0.2) is 4.79 Å². The van der Waals surface area contributed by atoms with Gasteiger partial charge in [0.1, 0.15) is 23.4 Å². The van der Waals surface area contributed by atoms with Crippen molar-refractivity contribution in [2.24, 2.45) is 0 Å². The summed E-state index contributed by atoms with van der Waals surface area (Å²) in [5.74, 6) is 0.0300. The summed E-state index contributed by atoms with van der Waals surface area (Å²) in [6, 6.07) is 10.8. The second-order valence-electron chi connectivity index (χ2n) is 10.6. The molecule has 1 aliphatic rings. The van der Waals surface area contributed by atoms with Crippen LogP contribution in [0.4, 0.5) is 10.5 Å². The summed E-state index contributed by atoms with van der Waals surface area (Å²) in [6.45, 7) is 9.14. The molecule has 2 atom stereocenters. The number of rotatable bonds is 9. The number of hydrogen-bond acceptors (Lipinski definition) is 6. The normalized spacial score (nSPS) is 15.0. The van der Waals surface area contributed by atoms with Gasteiger partial charge in [-0.15, -0.1) is 0 Å². The quantitative estimate of drug-likeness (QED) is 0.380. The van der Waals surface area contributed by atoms with E-state index in [2.05, 4.69) is 23.3 Å². The first-order valence-electron chi connectivity index (χ1n) is 12.9. The lowest BCUT2D eigenvalue weighted by molar-refractivity contribution is -0.145. The van der Waals surface area contributed by atoms with Gasteiger partial charge in [-0.2, -0.15) is 12.6 Å². The number of anilines is 1. The van der Waals surface area contributed by atoms with Gasteiger partial charge in [-0.05, 0) is 94.8 Å². The van der Waals surface area contributed by atoms with Crippen molar-refractivity contribution in [3.05, 3.63) is 59.2 Å². The van der Waals surface area contributed by atoms with Crippen molar-refractivity contribution in [3.8, 4) is 5.75 Å². The lowest BCUT2D eigenvalue weighted by atomic mass is 9.86. The van der Waals surface area contributed by atoms with Crippen LogP contribution in [-0.4, -0.2) is 53.4 Å². The number of carbonyl (C=O) groups is 3. The zero-order valence-electron chi connectivity index (χ0n) is 23.0. The zero-order chi connectivity index (χ0) is 28.0. The van der Waals surface area contributed by atoms with Crippen molar-refractivity contribution < 1.29 is 23.9 Å². The minimum Gasteiger partial charge on any atom is -0.497 e. The molecule has 1 saturated carbocycles. The van der Waals surface area contributed by atoms with Gasteiger partial charge in [0, 0.05) is 17.5 Å². The number of aryl methyl sites for hydroxylation is 2. The number of methoxy groups -OCH3 is 1. The highest BCUT2D eigenvalue weighted by Gasteiger charge is 2.42. The molecule has 0 aromatic heterocycles. The average Bonchev–Trinajstić information content (AvgIpc) is 2.81. The fourth-order valence-corrected chi connectivity index (χ4v) is 4.79. The van der Waals surface area contributed by atoms with Gasteiger partial charge in [-0.1, -0.05) is 18.2 Å². The largest absolute Gasteiger partial charge is 0.497 e. The minimum absolute atomic E-state index is 0.0564. The molecular weight excluding hydrogens is 502 g/mol. The average molecular weight is 542 g/mol. The van der Waals surface area contributed by atoms with Gasteiger partial charge in [0.05, 0.1) is 7.11 Å². The number of ether oxygens (including phenoxy) is 2. The summed E-state index contributed by atoms with van der Waals surface area (Å²) in [5.41, 5.74) is 2.44. The molecule has 1 aliphatic carbocycles. The standard InChI is InChI=1S/C29H39N3O5S/c1-18-9-7-10-19(2)24(18)25(26(33)30-20-13-15-22(36-6)16-14-20)32(21-11-8-12-21)27(34)23(17-38)31-28(35)37-29(3,4)5/h7,9-10,13-16,21,23,25,38H,8,11-12,17H2,1-6H3,(H,30,33)(H,31,35). The number of thiol groups is 1. The highest BCUT2D eigenvalue weighted by molar-refractivity contribution is 7.80. The van der Waals surface area contributed by atoms with E-state index in [0.29, 0.717) is 11.4 Å². The Kier molecular flexibility index (Phi) is 9.71. The van der Waals surface area contributed by atoms with Crippen LogP contribution in [0.1, 0.15) is 62.8 Å². The lowest BCUT2D eigenvalue weighted by Crippen LogP contribution is -2.57. The molecule has 2 aromatic rings. The summed E-state index contributed by atoms with van der Waals surface area (Å²) in [5, 5.41) is 5.66. The molecule has 2 aromatic carbocycles. The van der Waals surface area contributed by atoms with Crippen LogP contribution in [0.5, 0.6) is 5.75 Å². The third-order valence-corrected chi connectivity index (χ3v) is 6.96. The Balaban J connectivity index is 2.02. The topological polar surface area (TPSA) is 97.0 Å². The molecule has 0 aliphatic heterocycles. The molecule has 1 fully saturated rings. The number of nitrogens with zero attached hydrogens (tertiary/aromatic N) is 1. The van der Waals surface area contributed by atoms with Gasteiger partial charge < -0.3 is 25.0 Å². The first-order valence-corrected chi connectivity index (χ1v) is 13.5. The molecule has 38 heavy (non-hydrogen) atoms. The van der Waals surface area contributed by atoms with Crippen LogP contribution in [0.15, 0.2) is 42.5 Å². The van der Waals surface area contributed by atoms with Crippen LogP contribution in [-0.2, 0) is 14.3 Å². The molecular formula is C29H39N3O5S. The predicted molar refractivity (Wildman–Crippen MR) is 152 cm³/mol. The predicted octanol–water partition coefficient (Wildman–Crippen LogP) is 5.20. The van der Waals surface area contributed by atoms with Crippen LogP contribution in [0, 0.1) is 13.8 Å². The molecule has 206 valence electrons. The highest BCUT2D eigenvalue weighted by atomic mass is 32.1. The number of alkyl carbamates (subject to hydrolysis) is 1. The number of hydrogen-bond donors (Lipinski definition) is 3. The van der Waals surface area contributed by atoms with Crippen molar-refractivity contribution in [1.29, 1.82) is 0 Å². The Bertz CT molecular complexity index is 1120. The van der Waals surface area contributed by atoms with Crippen LogP contribution >= 0.6 is 12.6 Å². The van der Waals surface area contributed by atoms with E-state index in [1.807, 2.05) is 32.0 Å². The van der Waals surface area contributed by atoms with Crippen molar-refractivity contribution in [3.63, 3.8) is 0 Å². The Labute approximate surface area is 230 Å². The fraction of sp³-hybridized carbons (Fsp3) is 0.483. The molecule has 2 N–H and O–H groups in total. The number of amides is 3. The third-order valence-electron chi connectivity index (χ3n) is 6.59. The second-order valence-corrected chi connectivity index (χ2v) is 11.0. The van der Waals surface area contributed by atoms with Crippen molar-refractivity contribution in [1.82, 2.24) is 10.2 Å². The van der Waals surface area contributed by atoms with Crippen molar-refractivity contribution in [2.45, 2.75) is 77.6 Å². The summed E-state index contributed by atoms with van der Waals surface area (Å²) >= 11 is 4.37. The van der Waals surface area contributed by atoms with E-state index in [0.717, 1.165) is 36.0 Å². The first kappa shape index (κ1) is 29.4. The smallest absolute Gasteiger partial charge is 0.408 e. The Morgan fingerprint density at radius 3 is 2.13 bits per heavy atom. The number of benzene rings is 2. The molecule has 0 heterocycles. The van der Waals surface area contributed by atoms with E-state index < -0.39 is 23.8 Å². The first-order chi connectivity index (χ1) is 17.9. The molecule has 0 radical (unpaired) electrons. The maximum atomic E-state index is 14.1. The SMILES string of the molecule is COc1ccc(NC(=O)C(c2c(C)cccc2C)N(C(=O)C(CS)NC(=O)OC(C)(C)C)C2CCC2)cc1. The molecule has 0 bridgehead atoms. The van der Waals surface area contributed by atoms with Crippen molar-refractivity contribution >= 4 is 36.2 Å². The van der Waals surface area contributed by atoms with Gasteiger partial charge in [0.2, 0.25) is 5.91 Å². The minimum atomic E-state index is -0.964. The van der Waals surface area contributed by atoms with Crippen LogP contribution < -0.4 is 15.4 Å². The molecule has 3 rings (SSSR count). The van der Waals surface area contributed by atoms with Crippen LogP contribution in [0.3, 0.4) is 0 Å². The van der Waals surface area contributed by atoms with E-state index in [1.54, 1.807) is 57.0 Å². The Morgan fingerprint density at radius 2 is 1.66 bits per heavy atom. The summed E-state index contributed by atoms with van der Waals surface area (Å²) < 4.78 is 10.6. The summed E-state index contributed by atoms with van der Waals surface area (Å²) in [4.78, 5) is 42.3. The van der Waals surface area contributed by atoms with E-state index in [1.165, 1.54) is 0 Å². The highest BCUT2D eigenvalue weighted by Crippen LogP contribution is 2.36. The van der Waals surface area contributed by atoms with Gasteiger partial charge in [0.15, 0.2) is 0 Å². The van der Waals surface area contributed by atoms with E-state index in [-0.39, 0.29) is 23.6 Å². The maximum Gasteiger partial charge on any atom is 0.408 e. The van der Waals surface area contributed by atoms with Gasteiger partial charge in [-0.3, -0.25) is 9.59 Å². The lowest BCUT2D eigenvalue weighted by Gasteiger charge is -2.44. The molecule has 0 saturated heterocycles. The molecule has 8 nitrogen and oxygen atoms in total. The van der Waals surface area contributed by atoms with E-state index >= 15 is 0 Å². The summed E-state index contributed by atoms with van der Waals surface area (Å²) in [6.07, 6.45) is 1.80. The fourth-order valence-electron chi connectivity index (χ4n) is 4.54. The maximum absolute atomic E-state index is 14.1. The molecule has 9 heteroatoms. The Morgan fingerprint density at radius 1 is 1.05 bits per heavy atom. The molecule has 0 spiro atoms. The van der Waals surface area contributed by atoms with Crippen LogP contribution in [0.2, 0.25) is 0 Å².